The third kappa shape index (κ3) is 4.41. The zero-order valence-electron chi connectivity index (χ0n) is 14.4. The monoisotopic (exact) mass is 357 g/mol. The van der Waals surface area contributed by atoms with Crippen molar-refractivity contribution in [1.29, 1.82) is 0 Å². The number of furan rings is 1. The van der Waals surface area contributed by atoms with Gasteiger partial charge in [-0.1, -0.05) is 48.0 Å². The van der Waals surface area contributed by atoms with Crippen LogP contribution in [0.15, 0.2) is 59.0 Å². The molecule has 2 N–H and O–H groups in total. The summed E-state index contributed by atoms with van der Waals surface area (Å²) in [5, 5.41) is 4.78. The highest BCUT2D eigenvalue weighted by Crippen LogP contribution is 2.23. The number of amides is 1. The van der Waals surface area contributed by atoms with E-state index in [2.05, 4.69) is 5.32 Å². The Labute approximate surface area is 152 Å². The number of nitrogens with one attached hydrogen (secondary N) is 2. The molecule has 0 fully saturated rings. The van der Waals surface area contributed by atoms with Crippen LogP contribution in [0.25, 0.3) is 11.0 Å². The zero-order chi connectivity index (χ0) is 17.8. The molecule has 0 saturated carbocycles. The molecule has 0 aliphatic carbocycles. The molecule has 0 spiro atoms. The van der Waals surface area contributed by atoms with Crippen molar-refractivity contribution in [2.75, 3.05) is 13.6 Å². The first-order valence-corrected chi connectivity index (χ1v) is 8.73. The van der Waals surface area contributed by atoms with Gasteiger partial charge in [-0.25, -0.2) is 0 Å². The second-order valence-electron chi connectivity index (χ2n) is 6.38. The van der Waals surface area contributed by atoms with Crippen molar-refractivity contribution < 1.29 is 14.1 Å². The van der Waals surface area contributed by atoms with Crippen LogP contribution < -0.4 is 10.2 Å². The maximum Gasteiger partial charge on any atom is 0.275 e. The summed E-state index contributed by atoms with van der Waals surface area (Å²) in [6.07, 6.45) is 0. The minimum Gasteiger partial charge on any atom is -0.459 e. The van der Waals surface area contributed by atoms with Crippen LogP contribution in [0.2, 0.25) is 5.02 Å². The molecule has 0 aliphatic rings. The normalized spacial score (nSPS) is 13.6. The lowest BCUT2D eigenvalue weighted by Gasteiger charge is -2.16. The van der Waals surface area contributed by atoms with Gasteiger partial charge < -0.3 is 14.6 Å². The molecule has 1 heterocycles. The van der Waals surface area contributed by atoms with Crippen LogP contribution >= 0.6 is 11.6 Å². The van der Waals surface area contributed by atoms with Crippen molar-refractivity contribution in [1.82, 2.24) is 5.32 Å². The molecule has 130 valence electrons. The van der Waals surface area contributed by atoms with Crippen molar-refractivity contribution in [3.63, 3.8) is 0 Å². The van der Waals surface area contributed by atoms with Crippen LogP contribution in [0.4, 0.5) is 0 Å². The average Bonchev–Trinajstić information content (AvgIpc) is 3.01. The minimum absolute atomic E-state index is 0.0162. The van der Waals surface area contributed by atoms with Crippen molar-refractivity contribution in [3.05, 3.63) is 70.9 Å². The van der Waals surface area contributed by atoms with Crippen molar-refractivity contribution in [3.8, 4) is 0 Å². The van der Waals surface area contributed by atoms with Gasteiger partial charge in [-0.2, -0.15) is 0 Å². The van der Waals surface area contributed by atoms with Crippen LogP contribution in [0.1, 0.15) is 24.3 Å². The fourth-order valence-corrected chi connectivity index (χ4v) is 3.09. The molecule has 0 saturated heterocycles. The smallest absolute Gasteiger partial charge is 0.275 e. The van der Waals surface area contributed by atoms with Crippen LogP contribution in [-0.2, 0) is 11.3 Å². The van der Waals surface area contributed by atoms with Gasteiger partial charge in [0, 0.05) is 16.0 Å². The summed E-state index contributed by atoms with van der Waals surface area (Å²) < 4.78 is 5.81. The van der Waals surface area contributed by atoms with Gasteiger partial charge in [0.2, 0.25) is 0 Å². The number of halogens is 1. The minimum atomic E-state index is -0.173. The Morgan fingerprint density at radius 2 is 1.92 bits per heavy atom. The number of benzene rings is 2. The summed E-state index contributed by atoms with van der Waals surface area (Å²) in [5.41, 5.74) is 1.87. The molecule has 5 heteroatoms. The number of para-hydroxylation sites is 1. The van der Waals surface area contributed by atoms with Crippen molar-refractivity contribution >= 4 is 28.5 Å². The van der Waals surface area contributed by atoms with E-state index in [1.165, 1.54) is 0 Å². The number of carbonyl (C=O) groups excluding carboxylic acids is 1. The first kappa shape index (κ1) is 17.5. The number of quaternary nitrogens is 1. The van der Waals surface area contributed by atoms with Gasteiger partial charge >= 0.3 is 0 Å². The second-order valence-corrected chi connectivity index (χ2v) is 6.79. The molecule has 0 aliphatic heterocycles. The van der Waals surface area contributed by atoms with Crippen LogP contribution in [-0.4, -0.2) is 19.5 Å². The average molecular weight is 358 g/mol. The topological polar surface area (TPSA) is 46.7 Å². The van der Waals surface area contributed by atoms with E-state index < -0.39 is 0 Å². The van der Waals surface area contributed by atoms with Gasteiger partial charge in [0.1, 0.15) is 17.9 Å². The summed E-state index contributed by atoms with van der Waals surface area (Å²) in [6.45, 7) is 3.00. The van der Waals surface area contributed by atoms with Gasteiger partial charge in [-0.05, 0) is 25.1 Å². The Kier molecular flexibility index (Phi) is 5.41. The van der Waals surface area contributed by atoms with E-state index in [4.69, 9.17) is 16.0 Å². The maximum atomic E-state index is 12.3. The Bertz CT molecular complexity index is 842. The predicted molar refractivity (Wildman–Crippen MR) is 99.7 cm³/mol. The molecule has 3 rings (SSSR count). The summed E-state index contributed by atoms with van der Waals surface area (Å²) in [4.78, 5) is 13.4. The third-order valence-corrected chi connectivity index (χ3v) is 4.53. The molecule has 4 nitrogen and oxygen atoms in total. The molecule has 1 amide bonds. The first-order chi connectivity index (χ1) is 12.0. The lowest BCUT2D eigenvalue weighted by Crippen LogP contribution is -3.08. The van der Waals surface area contributed by atoms with Crippen molar-refractivity contribution in [2.45, 2.75) is 19.5 Å². The number of hydrogen-bond acceptors (Lipinski definition) is 2. The Hall–Kier alpha value is -2.30. The van der Waals surface area contributed by atoms with Crippen molar-refractivity contribution in [2.24, 2.45) is 0 Å². The summed E-state index contributed by atoms with van der Waals surface area (Å²) in [6, 6.07) is 17.3. The zero-order valence-corrected chi connectivity index (χ0v) is 15.1. The van der Waals surface area contributed by atoms with E-state index in [-0.39, 0.29) is 11.9 Å². The van der Waals surface area contributed by atoms with Crippen LogP contribution in [0, 0.1) is 0 Å². The van der Waals surface area contributed by atoms with Crippen LogP contribution in [0.3, 0.4) is 0 Å². The fourth-order valence-electron chi connectivity index (χ4n) is 2.88. The van der Waals surface area contributed by atoms with E-state index >= 15 is 0 Å². The first-order valence-electron chi connectivity index (χ1n) is 8.35. The third-order valence-electron chi connectivity index (χ3n) is 4.16. The van der Waals surface area contributed by atoms with E-state index in [9.17, 15) is 4.79 Å². The number of carbonyl (C=O) groups is 1. The highest BCUT2D eigenvalue weighted by molar-refractivity contribution is 6.31. The highest BCUT2D eigenvalue weighted by atomic mass is 35.5. The Morgan fingerprint density at radius 1 is 1.20 bits per heavy atom. The quantitative estimate of drug-likeness (QED) is 0.712. The molecule has 1 unspecified atom stereocenters. The number of rotatable bonds is 6. The second kappa shape index (κ2) is 7.72. The molecule has 1 aromatic heterocycles. The molecule has 0 bridgehead atoms. The number of likely N-dealkylation sites (N-methyl/N-ethyl adjacent to an activating group) is 1. The number of fused-ring (bicyclic) bond motifs is 1. The lowest BCUT2D eigenvalue weighted by molar-refractivity contribution is -0.885. The summed E-state index contributed by atoms with van der Waals surface area (Å²) in [7, 11) is 1.98. The Morgan fingerprint density at radius 3 is 2.68 bits per heavy atom. The van der Waals surface area contributed by atoms with E-state index in [1.807, 2.05) is 68.6 Å². The molecule has 3 aromatic rings. The Balaban J connectivity index is 1.57. The van der Waals surface area contributed by atoms with Gasteiger partial charge in [0.15, 0.2) is 6.54 Å². The molecular formula is C20H22ClN2O2+. The van der Waals surface area contributed by atoms with E-state index in [0.29, 0.717) is 13.1 Å². The summed E-state index contributed by atoms with van der Waals surface area (Å²) in [5.74, 6) is 0.746. The standard InChI is InChI=1S/C20H21ClN2O2/c1-14(19-11-15-7-4-6-10-18(15)25-19)22-20(24)13-23(2)12-16-8-3-5-9-17(16)21/h3-11,14H,12-13H2,1-2H3,(H,22,24)/p+1/t14-/m1/s1. The summed E-state index contributed by atoms with van der Waals surface area (Å²) >= 11 is 6.18. The molecule has 25 heavy (non-hydrogen) atoms. The van der Waals surface area contributed by atoms with E-state index in [0.717, 1.165) is 32.2 Å². The maximum absolute atomic E-state index is 12.3. The van der Waals surface area contributed by atoms with Gasteiger partial charge in [-0.15, -0.1) is 0 Å². The molecule has 2 aromatic carbocycles. The highest BCUT2D eigenvalue weighted by Gasteiger charge is 2.17. The SMILES string of the molecule is C[C@@H](NC(=O)C[NH+](C)Cc1ccccc1Cl)c1cc2ccccc2o1. The molecular weight excluding hydrogens is 336 g/mol. The van der Waals surface area contributed by atoms with Crippen LogP contribution in [0.5, 0.6) is 0 Å². The largest absolute Gasteiger partial charge is 0.459 e. The lowest BCUT2D eigenvalue weighted by atomic mass is 10.2. The van der Waals surface area contributed by atoms with Gasteiger partial charge in [-0.3, -0.25) is 4.79 Å². The van der Waals surface area contributed by atoms with Gasteiger partial charge in [0.25, 0.3) is 5.91 Å². The fraction of sp³-hybridized carbons (Fsp3) is 0.250. The molecule has 0 radical (unpaired) electrons. The molecule has 2 atom stereocenters. The van der Waals surface area contributed by atoms with E-state index in [1.54, 1.807) is 0 Å². The van der Waals surface area contributed by atoms with Gasteiger partial charge in [0.05, 0.1) is 13.1 Å². The predicted octanol–water partition coefficient (Wildman–Crippen LogP) is 2.98. The number of hydrogen-bond donors (Lipinski definition) is 2.